The van der Waals surface area contributed by atoms with Crippen molar-refractivity contribution >= 4 is 17.7 Å². The van der Waals surface area contributed by atoms with Crippen molar-refractivity contribution in [3.8, 4) is 0 Å². The van der Waals surface area contributed by atoms with Gasteiger partial charge in [-0.25, -0.2) is 9.97 Å². The summed E-state index contributed by atoms with van der Waals surface area (Å²) in [6.45, 7) is 2.93. The molecule has 0 radical (unpaired) electrons. The van der Waals surface area contributed by atoms with E-state index < -0.39 is 0 Å². The molecule has 2 rings (SSSR count). The number of aromatic nitrogens is 2. The highest BCUT2D eigenvalue weighted by atomic mass is 32.2. The molecule has 0 amide bonds. The maximum Gasteiger partial charge on any atom is 0.223 e. The van der Waals surface area contributed by atoms with Crippen molar-refractivity contribution in [2.45, 2.75) is 49.3 Å². The van der Waals surface area contributed by atoms with Crippen LogP contribution in [0.4, 0.5) is 5.95 Å². The molecular weight excluding hydrogens is 218 g/mol. The number of nitrogens with one attached hydrogen (secondary N) is 1. The molecule has 0 unspecified atom stereocenters. The van der Waals surface area contributed by atoms with Crippen molar-refractivity contribution in [2.75, 3.05) is 11.9 Å². The van der Waals surface area contributed by atoms with E-state index in [4.69, 9.17) is 0 Å². The van der Waals surface area contributed by atoms with E-state index in [1.807, 2.05) is 24.0 Å². The zero-order valence-corrected chi connectivity index (χ0v) is 10.6. The summed E-state index contributed by atoms with van der Waals surface area (Å²) >= 11 is 1.91. The highest BCUT2D eigenvalue weighted by Gasteiger charge is 2.15. The lowest BCUT2D eigenvalue weighted by Gasteiger charge is -2.20. The fourth-order valence-corrected chi connectivity index (χ4v) is 3.19. The molecule has 0 aromatic carbocycles. The van der Waals surface area contributed by atoms with Crippen molar-refractivity contribution in [2.24, 2.45) is 0 Å². The Balaban J connectivity index is 1.94. The number of hydrogen-bond acceptors (Lipinski definition) is 4. The first-order chi connectivity index (χ1) is 7.88. The van der Waals surface area contributed by atoms with E-state index in [1.165, 1.54) is 32.1 Å². The Morgan fingerprint density at radius 3 is 2.94 bits per heavy atom. The molecule has 3 nitrogen and oxygen atoms in total. The van der Waals surface area contributed by atoms with Gasteiger partial charge >= 0.3 is 0 Å². The van der Waals surface area contributed by atoms with Gasteiger partial charge in [-0.1, -0.05) is 19.3 Å². The van der Waals surface area contributed by atoms with Crippen LogP contribution in [0.2, 0.25) is 0 Å². The van der Waals surface area contributed by atoms with Crippen LogP contribution in [-0.2, 0) is 0 Å². The van der Waals surface area contributed by atoms with E-state index in [1.54, 1.807) is 0 Å². The van der Waals surface area contributed by atoms with Crippen LogP contribution >= 0.6 is 11.8 Å². The van der Waals surface area contributed by atoms with Gasteiger partial charge in [-0.2, -0.15) is 0 Å². The van der Waals surface area contributed by atoms with Gasteiger partial charge in [0.25, 0.3) is 0 Å². The minimum atomic E-state index is 0.753. The van der Waals surface area contributed by atoms with E-state index >= 15 is 0 Å². The third-order valence-electron chi connectivity index (χ3n) is 2.80. The molecule has 0 spiro atoms. The van der Waals surface area contributed by atoms with Gasteiger partial charge in [-0.05, 0) is 25.8 Å². The standard InChI is InChI=1S/C12H19N3S/c1-2-13-12-14-9-8-11(15-12)16-10-6-4-3-5-7-10/h8-10H,2-7H2,1H3,(H,13,14,15). The van der Waals surface area contributed by atoms with E-state index in [9.17, 15) is 0 Å². The third-order valence-corrected chi connectivity index (χ3v) is 4.08. The number of rotatable bonds is 4. The number of anilines is 1. The second-order valence-electron chi connectivity index (χ2n) is 4.13. The quantitative estimate of drug-likeness (QED) is 0.815. The predicted octanol–water partition coefficient (Wildman–Crippen LogP) is 3.33. The molecule has 0 atom stereocenters. The van der Waals surface area contributed by atoms with Crippen LogP contribution in [-0.4, -0.2) is 21.8 Å². The first kappa shape index (κ1) is 11.7. The van der Waals surface area contributed by atoms with Gasteiger partial charge in [0.1, 0.15) is 5.03 Å². The van der Waals surface area contributed by atoms with Crippen molar-refractivity contribution < 1.29 is 0 Å². The molecule has 88 valence electrons. The van der Waals surface area contributed by atoms with Crippen LogP contribution in [0, 0.1) is 0 Å². The molecule has 16 heavy (non-hydrogen) atoms. The van der Waals surface area contributed by atoms with Crippen LogP contribution in [0.1, 0.15) is 39.0 Å². The van der Waals surface area contributed by atoms with Gasteiger partial charge in [0, 0.05) is 18.0 Å². The first-order valence-electron chi connectivity index (χ1n) is 6.12. The Morgan fingerprint density at radius 2 is 2.19 bits per heavy atom. The second-order valence-corrected chi connectivity index (χ2v) is 5.45. The van der Waals surface area contributed by atoms with Crippen molar-refractivity contribution in [1.82, 2.24) is 9.97 Å². The summed E-state index contributed by atoms with van der Waals surface area (Å²) in [5.41, 5.74) is 0. The van der Waals surface area contributed by atoms with Crippen LogP contribution in [0.25, 0.3) is 0 Å². The minimum Gasteiger partial charge on any atom is -0.354 e. The lowest BCUT2D eigenvalue weighted by Crippen LogP contribution is -2.09. The molecule has 1 aliphatic rings. The topological polar surface area (TPSA) is 37.8 Å². The Hall–Kier alpha value is -0.770. The molecule has 4 heteroatoms. The zero-order chi connectivity index (χ0) is 11.2. The summed E-state index contributed by atoms with van der Waals surface area (Å²) in [7, 11) is 0. The summed E-state index contributed by atoms with van der Waals surface area (Å²) in [4.78, 5) is 8.68. The highest BCUT2D eigenvalue weighted by Crippen LogP contribution is 2.32. The molecule has 1 aliphatic carbocycles. The monoisotopic (exact) mass is 237 g/mol. The minimum absolute atomic E-state index is 0.753. The van der Waals surface area contributed by atoms with Crippen molar-refractivity contribution in [3.63, 3.8) is 0 Å². The Labute approximate surface area is 101 Å². The molecule has 0 bridgehead atoms. The van der Waals surface area contributed by atoms with Crippen LogP contribution in [0.5, 0.6) is 0 Å². The second kappa shape index (κ2) is 6.09. The SMILES string of the molecule is CCNc1nccc(SC2CCCCC2)n1. The van der Waals surface area contributed by atoms with Crippen LogP contribution in [0.15, 0.2) is 17.3 Å². The molecule has 1 aromatic rings. The van der Waals surface area contributed by atoms with Crippen molar-refractivity contribution in [3.05, 3.63) is 12.3 Å². The Morgan fingerprint density at radius 1 is 1.38 bits per heavy atom. The highest BCUT2D eigenvalue weighted by molar-refractivity contribution is 7.99. The molecule has 1 heterocycles. The van der Waals surface area contributed by atoms with E-state index in [0.717, 1.165) is 22.8 Å². The number of hydrogen-bond donors (Lipinski definition) is 1. The maximum atomic E-state index is 4.50. The number of nitrogens with zero attached hydrogens (tertiary/aromatic N) is 2. The fourth-order valence-electron chi connectivity index (χ4n) is 2.00. The lowest BCUT2D eigenvalue weighted by molar-refractivity contribution is 0.515. The average Bonchev–Trinajstić information content (AvgIpc) is 2.31. The molecular formula is C12H19N3S. The Bertz CT molecular complexity index is 324. The van der Waals surface area contributed by atoms with Crippen LogP contribution < -0.4 is 5.32 Å². The van der Waals surface area contributed by atoms with Gasteiger partial charge in [0.2, 0.25) is 5.95 Å². The molecule has 1 aromatic heterocycles. The summed E-state index contributed by atoms with van der Waals surface area (Å²) < 4.78 is 0. The maximum absolute atomic E-state index is 4.50. The van der Waals surface area contributed by atoms with Crippen LogP contribution in [0.3, 0.4) is 0 Å². The molecule has 1 saturated carbocycles. The van der Waals surface area contributed by atoms with Gasteiger partial charge < -0.3 is 5.32 Å². The average molecular weight is 237 g/mol. The third kappa shape index (κ3) is 3.37. The zero-order valence-electron chi connectivity index (χ0n) is 9.78. The Kier molecular flexibility index (Phi) is 4.45. The van der Waals surface area contributed by atoms with E-state index in [-0.39, 0.29) is 0 Å². The lowest BCUT2D eigenvalue weighted by atomic mass is 10.0. The summed E-state index contributed by atoms with van der Waals surface area (Å²) in [5.74, 6) is 0.753. The van der Waals surface area contributed by atoms with E-state index in [2.05, 4.69) is 22.2 Å². The summed E-state index contributed by atoms with van der Waals surface area (Å²) in [5, 5.41) is 5.02. The normalized spacial score (nSPS) is 17.3. The van der Waals surface area contributed by atoms with E-state index in [0.29, 0.717) is 0 Å². The molecule has 1 fully saturated rings. The largest absolute Gasteiger partial charge is 0.354 e. The first-order valence-corrected chi connectivity index (χ1v) is 7.00. The van der Waals surface area contributed by atoms with Gasteiger partial charge in [-0.3, -0.25) is 0 Å². The van der Waals surface area contributed by atoms with Gasteiger partial charge in [0.05, 0.1) is 0 Å². The summed E-state index contributed by atoms with van der Waals surface area (Å²) in [6.07, 6.45) is 8.68. The van der Waals surface area contributed by atoms with Gasteiger partial charge in [0.15, 0.2) is 0 Å². The fraction of sp³-hybridized carbons (Fsp3) is 0.667. The molecule has 1 N–H and O–H groups in total. The molecule has 0 saturated heterocycles. The summed E-state index contributed by atoms with van der Waals surface area (Å²) in [6, 6.07) is 2.01. The number of thioether (sulfide) groups is 1. The smallest absolute Gasteiger partial charge is 0.223 e. The van der Waals surface area contributed by atoms with Crippen molar-refractivity contribution in [1.29, 1.82) is 0 Å². The predicted molar refractivity (Wildman–Crippen MR) is 68.9 cm³/mol. The van der Waals surface area contributed by atoms with Gasteiger partial charge in [-0.15, -0.1) is 11.8 Å². The molecule has 0 aliphatic heterocycles.